The fourth-order valence-corrected chi connectivity index (χ4v) is 2.40. The molecule has 3 aromatic rings. The third kappa shape index (κ3) is 4.50. The Labute approximate surface area is 143 Å². The Balaban J connectivity index is 1.74. The van der Waals surface area contributed by atoms with Crippen LogP contribution in [0.1, 0.15) is 22.3 Å². The standard InChI is InChI=1S/C22H22N2/c1-23-14-10-19(11-15-23)6-8-21-4-3-5-22(18-21)9-7-20-12-16-24(2)17-13-20/h3-18H,1-2H3/q+2/b8-6+,9-7+. The van der Waals surface area contributed by atoms with Crippen LogP contribution < -0.4 is 9.13 Å². The van der Waals surface area contributed by atoms with E-state index in [4.69, 9.17) is 0 Å². The predicted molar refractivity (Wildman–Crippen MR) is 99.5 cm³/mol. The summed E-state index contributed by atoms with van der Waals surface area (Å²) < 4.78 is 4.07. The molecule has 2 heteroatoms. The summed E-state index contributed by atoms with van der Waals surface area (Å²) in [4.78, 5) is 0. The van der Waals surface area contributed by atoms with Crippen LogP contribution in [0.3, 0.4) is 0 Å². The fourth-order valence-electron chi connectivity index (χ4n) is 2.40. The third-order valence-electron chi connectivity index (χ3n) is 3.86. The van der Waals surface area contributed by atoms with Gasteiger partial charge in [-0.25, -0.2) is 9.13 Å². The van der Waals surface area contributed by atoms with Gasteiger partial charge in [0, 0.05) is 24.3 Å². The van der Waals surface area contributed by atoms with Gasteiger partial charge in [0.15, 0.2) is 24.8 Å². The summed E-state index contributed by atoms with van der Waals surface area (Å²) in [6, 6.07) is 17.0. The van der Waals surface area contributed by atoms with Gasteiger partial charge in [-0.2, -0.15) is 0 Å². The van der Waals surface area contributed by atoms with Gasteiger partial charge in [-0.05, 0) is 28.3 Å². The number of nitrogens with zero attached hydrogens (tertiary/aromatic N) is 2. The quantitative estimate of drug-likeness (QED) is 0.649. The lowest BCUT2D eigenvalue weighted by Gasteiger charge is -1.98. The molecule has 24 heavy (non-hydrogen) atoms. The summed E-state index contributed by atoms with van der Waals surface area (Å²) in [5.41, 5.74) is 4.80. The Kier molecular flexibility index (Phi) is 4.97. The Morgan fingerprint density at radius 3 is 1.33 bits per heavy atom. The van der Waals surface area contributed by atoms with Crippen molar-refractivity contribution in [3.63, 3.8) is 0 Å². The van der Waals surface area contributed by atoms with Crippen LogP contribution in [0, 0.1) is 0 Å². The molecule has 0 aliphatic rings. The number of rotatable bonds is 4. The molecule has 0 aliphatic heterocycles. The van der Waals surface area contributed by atoms with Crippen LogP contribution >= 0.6 is 0 Å². The minimum absolute atomic E-state index is 1.20. The average molecular weight is 314 g/mol. The van der Waals surface area contributed by atoms with E-state index in [0.717, 1.165) is 0 Å². The van der Waals surface area contributed by atoms with Crippen molar-refractivity contribution in [2.45, 2.75) is 0 Å². The summed E-state index contributed by atoms with van der Waals surface area (Å²) in [6.07, 6.45) is 16.8. The summed E-state index contributed by atoms with van der Waals surface area (Å²) in [5, 5.41) is 0. The first-order valence-corrected chi connectivity index (χ1v) is 8.06. The van der Waals surface area contributed by atoms with Gasteiger partial charge in [0.1, 0.15) is 14.1 Å². The van der Waals surface area contributed by atoms with Crippen molar-refractivity contribution in [2.24, 2.45) is 14.1 Å². The Morgan fingerprint density at radius 2 is 0.917 bits per heavy atom. The van der Waals surface area contributed by atoms with Crippen molar-refractivity contribution in [3.8, 4) is 0 Å². The van der Waals surface area contributed by atoms with Gasteiger partial charge in [-0.3, -0.25) is 0 Å². The number of pyridine rings is 2. The predicted octanol–water partition coefficient (Wildman–Crippen LogP) is 3.68. The second kappa shape index (κ2) is 7.51. The molecule has 0 spiro atoms. The minimum atomic E-state index is 1.20. The van der Waals surface area contributed by atoms with Gasteiger partial charge in [-0.15, -0.1) is 0 Å². The highest BCUT2D eigenvalue weighted by atomic mass is 14.9. The molecular formula is C22H22N2+2. The van der Waals surface area contributed by atoms with Crippen molar-refractivity contribution in [2.75, 3.05) is 0 Å². The second-order valence-electron chi connectivity index (χ2n) is 5.93. The topological polar surface area (TPSA) is 7.76 Å². The van der Waals surface area contributed by atoms with E-state index in [1.54, 1.807) is 0 Å². The normalized spacial score (nSPS) is 11.4. The molecule has 3 rings (SSSR count). The van der Waals surface area contributed by atoms with E-state index in [1.807, 2.05) is 23.2 Å². The second-order valence-corrected chi connectivity index (χ2v) is 5.93. The summed E-state index contributed by atoms with van der Waals surface area (Å²) in [7, 11) is 4.05. The van der Waals surface area contributed by atoms with E-state index in [2.05, 4.69) is 97.6 Å². The maximum Gasteiger partial charge on any atom is 0.169 e. The monoisotopic (exact) mass is 314 g/mol. The van der Waals surface area contributed by atoms with Crippen LogP contribution in [-0.2, 0) is 14.1 Å². The molecule has 0 saturated heterocycles. The zero-order chi connectivity index (χ0) is 16.8. The van der Waals surface area contributed by atoms with E-state index in [9.17, 15) is 0 Å². The lowest BCUT2D eigenvalue weighted by atomic mass is 10.1. The SMILES string of the molecule is C[n+]1ccc(/C=C/c2cccc(/C=C/c3cc[n+](C)cc3)c2)cc1. The summed E-state index contributed by atoms with van der Waals surface area (Å²) in [6.45, 7) is 0. The van der Waals surface area contributed by atoms with Crippen LogP contribution in [0.2, 0.25) is 0 Å². The van der Waals surface area contributed by atoms with Crippen molar-refractivity contribution >= 4 is 24.3 Å². The molecule has 2 nitrogen and oxygen atoms in total. The molecule has 1 aromatic carbocycles. The summed E-state index contributed by atoms with van der Waals surface area (Å²) in [5.74, 6) is 0. The van der Waals surface area contributed by atoms with E-state index in [-0.39, 0.29) is 0 Å². The van der Waals surface area contributed by atoms with Crippen LogP contribution in [0.25, 0.3) is 24.3 Å². The van der Waals surface area contributed by atoms with E-state index >= 15 is 0 Å². The lowest BCUT2D eigenvalue weighted by Crippen LogP contribution is -2.25. The molecule has 0 unspecified atom stereocenters. The van der Waals surface area contributed by atoms with Crippen LogP contribution in [-0.4, -0.2) is 0 Å². The first-order chi connectivity index (χ1) is 11.7. The summed E-state index contributed by atoms with van der Waals surface area (Å²) >= 11 is 0. The smallest absolute Gasteiger partial charge is 0.169 e. The van der Waals surface area contributed by atoms with Crippen LogP contribution in [0.15, 0.2) is 73.3 Å². The maximum atomic E-state index is 2.19. The highest BCUT2D eigenvalue weighted by Gasteiger charge is 1.94. The number of hydrogen-bond acceptors (Lipinski definition) is 0. The first kappa shape index (κ1) is 15.9. The molecule has 2 aromatic heterocycles. The zero-order valence-electron chi connectivity index (χ0n) is 14.1. The highest BCUT2D eigenvalue weighted by molar-refractivity contribution is 5.73. The maximum absolute atomic E-state index is 2.19. The molecule has 0 fully saturated rings. The molecule has 0 aliphatic carbocycles. The molecule has 118 valence electrons. The van der Waals surface area contributed by atoms with Gasteiger partial charge in [-0.1, -0.05) is 42.5 Å². The third-order valence-corrected chi connectivity index (χ3v) is 3.86. The zero-order valence-corrected chi connectivity index (χ0v) is 14.1. The van der Waals surface area contributed by atoms with E-state index < -0.39 is 0 Å². The molecule has 2 heterocycles. The minimum Gasteiger partial charge on any atom is -0.208 e. The van der Waals surface area contributed by atoms with Crippen molar-refractivity contribution in [3.05, 3.63) is 95.6 Å². The molecule has 0 bridgehead atoms. The Morgan fingerprint density at radius 1 is 0.542 bits per heavy atom. The molecule has 0 saturated carbocycles. The van der Waals surface area contributed by atoms with Crippen LogP contribution in [0.5, 0.6) is 0 Å². The number of aromatic nitrogens is 2. The molecule has 0 radical (unpaired) electrons. The lowest BCUT2D eigenvalue weighted by molar-refractivity contribution is -0.671. The van der Waals surface area contributed by atoms with Crippen molar-refractivity contribution in [1.29, 1.82) is 0 Å². The molecule has 0 N–H and O–H groups in total. The van der Waals surface area contributed by atoms with Gasteiger partial charge in [0.2, 0.25) is 0 Å². The van der Waals surface area contributed by atoms with Crippen LogP contribution in [0.4, 0.5) is 0 Å². The van der Waals surface area contributed by atoms with Crippen molar-refractivity contribution < 1.29 is 9.13 Å². The number of benzene rings is 1. The average Bonchev–Trinajstić information content (AvgIpc) is 2.61. The fraction of sp³-hybridized carbons (Fsp3) is 0.0909. The van der Waals surface area contributed by atoms with E-state index in [0.29, 0.717) is 0 Å². The van der Waals surface area contributed by atoms with Gasteiger partial charge in [0.05, 0.1) is 0 Å². The first-order valence-electron chi connectivity index (χ1n) is 8.06. The molecule has 0 amide bonds. The van der Waals surface area contributed by atoms with Crippen molar-refractivity contribution in [1.82, 2.24) is 0 Å². The van der Waals surface area contributed by atoms with Gasteiger partial charge < -0.3 is 0 Å². The molecule has 0 atom stereocenters. The number of aryl methyl sites for hydroxylation is 2. The number of hydrogen-bond donors (Lipinski definition) is 0. The Bertz CT molecular complexity index is 786. The van der Waals surface area contributed by atoms with Gasteiger partial charge in [0.25, 0.3) is 0 Å². The molecular weight excluding hydrogens is 292 g/mol. The largest absolute Gasteiger partial charge is 0.208 e. The van der Waals surface area contributed by atoms with Gasteiger partial charge >= 0.3 is 0 Å². The highest BCUT2D eigenvalue weighted by Crippen LogP contribution is 2.12. The Hall–Kier alpha value is -3.00. The van der Waals surface area contributed by atoms with E-state index in [1.165, 1.54) is 22.3 Å².